The van der Waals surface area contributed by atoms with E-state index in [9.17, 15) is 9.59 Å². The van der Waals surface area contributed by atoms with Crippen LogP contribution >= 0.6 is 0 Å². The number of Topliss-reactive ketones (excluding diaryl/α,β-unsaturated/α-hetero) is 1. The molecule has 0 rings (SSSR count). The van der Waals surface area contributed by atoms with Crippen LogP contribution in [-0.2, 0) is 9.59 Å². The number of carboxylic acids is 1. The normalized spacial score (nSPS) is 10.9. The first-order chi connectivity index (χ1) is 4.91. The predicted molar refractivity (Wildman–Crippen MR) is 40.3 cm³/mol. The van der Waals surface area contributed by atoms with Crippen molar-refractivity contribution >= 4 is 11.8 Å². The lowest BCUT2D eigenvalue weighted by atomic mass is 10.3. The molecule has 4 nitrogen and oxygen atoms in total. The Labute approximate surface area is 65.8 Å². The van der Waals surface area contributed by atoms with Crippen LogP contribution in [0.1, 0.15) is 27.2 Å². The van der Waals surface area contributed by atoms with E-state index < -0.39 is 11.8 Å². The Morgan fingerprint density at radius 1 is 1.45 bits per heavy atom. The van der Waals surface area contributed by atoms with Crippen LogP contribution in [0.5, 0.6) is 0 Å². The van der Waals surface area contributed by atoms with Gasteiger partial charge >= 0.3 is 5.97 Å². The van der Waals surface area contributed by atoms with E-state index in [1.165, 1.54) is 0 Å². The number of carboxylic acid groups (broad SMARTS) is 1. The summed E-state index contributed by atoms with van der Waals surface area (Å²) in [6, 6.07) is 0. The van der Waals surface area contributed by atoms with Crippen LogP contribution < -0.4 is 0 Å². The number of aliphatic hydroxyl groups excluding tert-OH is 1. The highest BCUT2D eigenvalue weighted by Crippen LogP contribution is 1.81. The van der Waals surface area contributed by atoms with Crippen molar-refractivity contribution in [2.75, 3.05) is 0 Å². The molecule has 0 radical (unpaired) electrons. The summed E-state index contributed by atoms with van der Waals surface area (Å²) >= 11 is 0. The van der Waals surface area contributed by atoms with E-state index in [0.717, 1.165) is 13.3 Å². The van der Waals surface area contributed by atoms with Gasteiger partial charge in [-0.1, -0.05) is 6.92 Å². The Hall–Kier alpha value is -0.900. The minimum Gasteiger partial charge on any atom is -0.476 e. The van der Waals surface area contributed by atoms with Gasteiger partial charge in [0.1, 0.15) is 0 Å². The van der Waals surface area contributed by atoms with E-state index in [2.05, 4.69) is 0 Å². The number of rotatable bonds is 2. The fourth-order valence-electron chi connectivity index (χ4n) is 0. The second kappa shape index (κ2) is 7.21. The van der Waals surface area contributed by atoms with Crippen molar-refractivity contribution < 1.29 is 19.8 Å². The van der Waals surface area contributed by atoms with Crippen LogP contribution in [0.3, 0.4) is 0 Å². The summed E-state index contributed by atoms with van der Waals surface area (Å²) in [6.07, 6.45) is 0.745. The van der Waals surface area contributed by atoms with Crippen molar-refractivity contribution in [2.45, 2.75) is 33.3 Å². The van der Waals surface area contributed by atoms with E-state index >= 15 is 0 Å². The highest BCUT2D eigenvalue weighted by atomic mass is 16.4. The summed E-state index contributed by atoms with van der Waals surface area (Å²) in [4.78, 5) is 18.9. The molecule has 0 aliphatic heterocycles. The summed E-state index contributed by atoms with van der Waals surface area (Å²) < 4.78 is 0. The van der Waals surface area contributed by atoms with Crippen LogP contribution in [0.4, 0.5) is 0 Å². The number of carbonyl (C=O) groups excluding carboxylic acids is 1. The highest BCUT2D eigenvalue weighted by Gasteiger charge is 1.98. The summed E-state index contributed by atoms with van der Waals surface area (Å²) in [6.45, 7) is 4.73. The lowest BCUT2D eigenvalue weighted by molar-refractivity contribution is -0.148. The predicted octanol–water partition coefficient (Wildman–Crippen LogP) is 0.437. The molecule has 0 aromatic rings. The molecule has 0 spiro atoms. The Kier molecular flexibility index (Phi) is 8.36. The molecule has 1 unspecified atom stereocenters. The van der Waals surface area contributed by atoms with Gasteiger partial charge in [-0.3, -0.25) is 4.79 Å². The molecule has 0 heterocycles. The van der Waals surface area contributed by atoms with Crippen molar-refractivity contribution in [1.29, 1.82) is 0 Å². The number of hydrogen-bond acceptors (Lipinski definition) is 3. The van der Waals surface area contributed by atoms with Gasteiger partial charge in [-0.15, -0.1) is 0 Å². The van der Waals surface area contributed by atoms with Crippen LogP contribution in [-0.4, -0.2) is 28.1 Å². The van der Waals surface area contributed by atoms with Gasteiger partial charge in [0.25, 0.3) is 0 Å². The molecule has 0 amide bonds. The SMILES string of the molecule is CC(=O)C(=O)O.CCC(C)O. The topological polar surface area (TPSA) is 74.6 Å². The van der Waals surface area contributed by atoms with Gasteiger partial charge in [-0.05, 0) is 13.3 Å². The summed E-state index contributed by atoms with van der Waals surface area (Å²) in [5.41, 5.74) is 0. The van der Waals surface area contributed by atoms with Gasteiger partial charge in [0.05, 0.1) is 6.10 Å². The zero-order valence-corrected chi connectivity index (χ0v) is 7.00. The summed E-state index contributed by atoms with van der Waals surface area (Å²) in [5.74, 6) is -2.20. The fraction of sp³-hybridized carbons (Fsp3) is 0.714. The smallest absolute Gasteiger partial charge is 0.371 e. The zero-order chi connectivity index (χ0) is 9.44. The largest absolute Gasteiger partial charge is 0.476 e. The van der Waals surface area contributed by atoms with Crippen LogP contribution in [0.25, 0.3) is 0 Å². The molecule has 11 heavy (non-hydrogen) atoms. The number of carbonyl (C=O) groups is 2. The maximum atomic E-state index is 9.54. The molecular weight excluding hydrogens is 148 g/mol. The minimum atomic E-state index is -1.38. The molecule has 4 heteroatoms. The molecule has 0 bridgehead atoms. The molecule has 1 atom stereocenters. The van der Waals surface area contributed by atoms with Crippen LogP contribution in [0, 0.1) is 0 Å². The average molecular weight is 162 g/mol. The van der Waals surface area contributed by atoms with Gasteiger partial charge < -0.3 is 10.2 Å². The number of aliphatic carboxylic acids is 1. The lowest BCUT2D eigenvalue weighted by Crippen LogP contribution is -2.05. The first-order valence-electron chi connectivity index (χ1n) is 3.33. The van der Waals surface area contributed by atoms with E-state index in [-0.39, 0.29) is 6.10 Å². The van der Waals surface area contributed by atoms with E-state index in [0.29, 0.717) is 0 Å². The van der Waals surface area contributed by atoms with Crippen molar-refractivity contribution in [1.82, 2.24) is 0 Å². The van der Waals surface area contributed by atoms with Gasteiger partial charge in [0.15, 0.2) is 0 Å². The van der Waals surface area contributed by atoms with E-state index in [1.807, 2.05) is 6.92 Å². The Balaban J connectivity index is 0. The zero-order valence-electron chi connectivity index (χ0n) is 7.00. The van der Waals surface area contributed by atoms with Crippen molar-refractivity contribution in [3.05, 3.63) is 0 Å². The summed E-state index contributed by atoms with van der Waals surface area (Å²) in [7, 11) is 0. The number of hydrogen-bond donors (Lipinski definition) is 2. The average Bonchev–Trinajstić information content (AvgIpc) is 1.89. The van der Waals surface area contributed by atoms with Crippen LogP contribution in [0.15, 0.2) is 0 Å². The van der Waals surface area contributed by atoms with Crippen molar-refractivity contribution in [3.63, 3.8) is 0 Å². The van der Waals surface area contributed by atoms with Gasteiger partial charge in [-0.2, -0.15) is 0 Å². The minimum absolute atomic E-state index is 0.116. The molecule has 0 aliphatic carbocycles. The molecule has 0 saturated carbocycles. The fourth-order valence-corrected chi connectivity index (χ4v) is 0. The van der Waals surface area contributed by atoms with Crippen molar-refractivity contribution in [2.24, 2.45) is 0 Å². The molecule has 0 aromatic carbocycles. The molecule has 0 saturated heterocycles. The Bertz CT molecular complexity index is 116. The third kappa shape index (κ3) is 17.6. The van der Waals surface area contributed by atoms with E-state index in [4.69, 9.17) is 10.2 Å². The maximum Gasteiger partial charge on any atom is 0.371 e. The molecule has 0 aliphatic rings. The number of aliphatic hydroxyl groups is 1. The van der Waals surface area contributed by atoms with Gasteiger partial charge in [0.2, 0.25) is 5.78 Å². The molecular formula is C7H14O4. The van der Waals surface area contributed by atoms with Crippen molar-refractivity contribution in [3.8, 4) is 0 Å². The second-order valence-corrected chi connectivity index (χ2v) is 2.12. The molecule has 0 fully saturated rings. The lowest BCUT2D eigenvalue weighted by Gasteiger charge is -1.90. The third-order valence-corrected chi connectivity index (χ3v) is 0.892. The second-order valence-electron chi connectivity index (χ2n) is 2.12. The summed E-state index contributed by atoms with van der Waals surface area (Å²) in [5, 5.41) is 16.0. The maximum absolute atomic E-state index is 9.54. The Morgan fingerprint density at radius 3 is 1.64 bits per heavy atom. The number of ketones is 1. The van der Waals surface area contributed by atoms with Gasteiger partial charge in [-0.25, -0.2) is 4.79 Å². The van der Waals surface area contributed by atoms with Crippen LogP contribution in [0.2, 0.25) is 0 Å². The molecule has 66 valence electrons. The highest BCUT2D eigenvalue weighted by molar-refractivity contribution is 6.31. The standard InChI is InChI=1S/C4H10O.C3H4O3/c1-3-4(2)5;1-2(4)3(5)6/h4-5H,3H2,1-2H3;1H3,(H,5,6). The molecule has 0 aromatic heterocycles. The first-order valence-corrected chi connectivity index (χ1v) is 3.33. The Morgan fingerprint density at radius 2 is 1.64 bits per heavy atom. The third-order valence-electron chi connectivity index (χ3n) is 0.892. The molecule has 2 N–H and O–H groups in total. The first kappa shape index (κ1) is 12.7. The monoisotopic (exact) mass is 162 g/mol. The van der Waals surface area contributed by atoms with E-state index in [1.54, 1.807) is 6.92 Å². The van der Waals surface area contributed by atoms with Gasteiger partial charge in [0, 0.05) is 6.92 Å². The quantitative estimate of drug-likeness (QED) is 0.577.